The van der Waals surface area contributed by atoms with Gasteiger partial charge in [-0.15, -0.1) is 0 Å². The Morgan fingerprint density at radius 3 is 1.39 bits per heavy atom. The number of carboxylic acids is 3. The lowest BCUT2D eigenvalue weighted by atomic mass is 9.74. The van der Waals surface area contributed by atoms with E-state index in [1.165, 1.54) is 14.2 Å². The molecule has 3 N–H and O–H groups in total. The Labute approximate surface area is 483 Å². The van der Waals surface area contributed by atoms with Crippen LogP contribution in [0.4, 0.5) is 0 Å². The molecule has 0 radical (unpaired) electrons. The van der Waals surface area contributed by atoms with Crippen molar-refractivity contribution in [2.45, 2.75) is 120 Å². The molecule has 4 aliphatic carbocycles. The van der Waals surface area contributed by atoms with Gasteiger partial charge in [0.05, 0.1) is 54.0 Å². The fourth-order valence-electron chi connectivity index (χ4n) is 13.6. The topological polar surface area (TPSA) is 218 Å². The van der Waals surface area contributed by atoms with E-state index < -0.39 is 35.2 Å². The van der Waals surface area contributed by atoms with Crippen LogP contribution in [0.1, 0.15) is 154 Å². The lowest BCUT2D eigenvalue weighted by Gasteiger charge is -2.30. The number of benzene rings is 6. The van der Waals surface area contributed by atoms with Crippen LogP contribution in [0.15, 0.2) is 91.0 Å². The zero-order valence-electron chi connectivity index (χ0n) is 48.1. The zero-order chi connectivity index (χ0) is 59.1. The number of ether oxygens (including phenoxy) is 6. The number of ketones is 3. The highest BCUT2D eigenvalue weighted by Crippen LogP contribution is 2.54. The predicted octanol–water partition coefficient (Wildman–Crippen LogP) is 13.2. The van der Waals surface area contributed by atoms with Crippen molar-refractivity contribution < 1.29 is 72.5 Å². The lowest BCUT2D eigenvalue weighted by molar-refractivity contribution is -0.144. The molecule has 4 aliphatic rings. The molecule has 15 nitrogen and oxygen atoms in total. The summed E-state index contributed by atoms with van der Waals surface area (Å²) in [6.07, 6.45) is 8.50. The lowest BCUT2D eigenvalue weighted by Crippen LogP contribution is -2.34. The van der Waals surface area contributed by atoms with Crippen LogP contribution in [0, 0.1) is 5.92 Å². The van der Waals surface area contributed by atoms with Crippen molar-refractivity contribution in [1.82, 2.24) is 0 Å². The van der Waals surface area contributed by atoms with Crippen molar-refractivity contribution in [1.29, 1.82) is 0 Å². The minimum absolute atomic E-state index is 0.0337. The highest BCUT2D eigenvalue weighted by molar-refractivity contribution is 6.04. The third kappa shape index (κ3) is 11.4. The molecule has 6 aromatic rings. The van der Waals surface area contributed by atoms with Crippen molar-refractivity contribution in [2.75, 3.05) is 42.7 Å². The van der Waals surface area contributed by atoms with Gasteiger partial charge in [-0.05, 0) is 132 Å². The molecule has 0 aliphatic heterocycles. The van der Waals surface area contributed by atoms with Crippen LogP contribution in [0.2, 0.25) is 0 Å². The minimum atomic E-state index is -1.01. The first-order valence-corrected chi connectivity index (χ1v) is 28.5. The standard InChI is InChI=1S/C45H48O10.C23H24O5/c1-52-39-24-20-30(26-11-7-13-31-28(26)18-22-37(31)46)35(43(39)54-3)15-9-16-36(45(50)51)33(10-5-6-17-41(48)49)42-34(21-25-40(53-2)44(42)55-4)27-12-8-14-32-29(27)19-23-38(32)47;1-27-19-11-9-17(14-6-5-7-16-15(14)8-10-18(16)24)20(21(19)28-2)23(22(25)26)12-3-4-13-23/h7-8,11-14,20-21,24-25,33,36H,5-6,9-10,15-19,22-23H2,1-4H3,(H,48,49)(H,50,51);5-7,9,11H,3-4,8,10,12-13H2,1-2H3,(H,25,26). The molecule has 0 bridgehead atoms. The number of hydrogen-bond acceptors (Lipinski definition) is 12. The van der Waals surface area contributed by atoms with Crippen molar-refractivity contribution >= 4 is 35.3 Å². The van der Waals surface area contributed by atoms with Crippen molar-refractivity contribution in [3.8, 4) is 67.9 Å². The maximum atomic E-state index is 13.5. The van der Waals surface area contributed by atoms with Gasteiger partial charge >= 0.3 is 17.9 Å². The number of aliphatic carboxylic acids is 3. The highest BCUT2D eigenvalue weighted by Gasteiger charge is 2.48. The Morgan fingerprint density at radius 2 is 0.916 bits per heavy atom. The number of carboxylic acid groups (broad SMARTS) is 3. The second-order valence-electron chi connectivity index (χ2n) is 21.8. The highest BCUT2D eigenvalue weighted by atomic mass is 16.5. The van der Waals surface area contributed by atoms with Gasteiger partial charge in [-0.1, -0.05) is 92.1 Å². The molecule has 0 spiro atoms. The monoisotopic (exact) mass is 1130 g/mol. The van der Waals surface area contributed by atoms with Crippen LogP contribution in [-0.2, 0) is 45.5 Å². The number of hydrogen-bond donors (Lipinski definition) is 3. The third-order valence-electron chi connectivity index (χ3n) is 17.5. The predicted molar refractivity (Wildman–Crippen MR) is 314 cm³/mol. The summed E-state index contributed by atoms with van der Waals surface area (Å²) in [7, 11) is 9.34. The quantitative estimate of drug-likeness (QED) is 0.0508. The summed E-state index contributed by atoms with van der Waals surface area (Å²) in [4.78, 5) is 75.3. The van der Waals surface area contributed by atoms with E-state index in [-0.39, 0.29) is 30.2 Å². The summed E-state index contributed by atoms with van der Waals surface area (Å²) in [6, 6.07) is 28.4. The average Bonchev–Trinajstić information content (AvgIpc) is 2.61. The number of unbranched alkanes of at least 4 members (excludes halogenated alkanes) is 1. The molecule has 2 unspecified atom stereocenters. The summed E-state index contributed by atoms with van der Waals surface area (Å²) in [5.74, 6) is -0.905. The Balaban J connectivity index is 0.000000246. The van der Waals surface area contributed by atoms with E-state index in [2.05, 4.69) is 0 Å². The summed E-state index contributed by atoms with van der Waals surface area (Å²) in [5, 5.41) is 30.7. The Bertz CT molecular complexity index is 3490. The summed E-state index contributed by atoms with van der Waals surface area (Å²) < 4.78 is 34.6. The number of methoxy groups -OCH3 is 6. The summed E-state index contributed by atoms with van der Waals surface area (Å²) in [6.45, 7) is 0. The molecule has 0 heterocycles. The van der Waals surface area contributed by atoms with Crippen LogP contribution in [0.5, 0.6) is 34.5 Å². The van der Waals surface area contributed by atoms with Crippen LogP contribution in [0.3, 0.4) is 0 Å². The molecule has 1 saturated carbocycles. The van der Waals surface area contributed by atoms with Crippen LogP contribution < -0.4 is 28.4 Å². The smallest absolute Gasteiger partial charge is 0.314 e. The average molecular weight is 1130 g/mol. The molecule has 10 rings (SSSR count). The molecular weight excluding hydrogens is 1060 g/mol. The molecule has 434 valence electrons. The molecule has 83 heavy (non-hydrogen) atoms. The van der Waals surface area contributed by atoms with E-state index in [1.54, 1.807) is 34.5 Å². The number of carbonyl (C=O) groups excluding carboxylic acids is 3. The first-order chi connectivity index (χ1) is 40.2. The van der Waals surface area contributed by atoms with E-state index in [1.807, 2.05) is 84.9 Å². The summed E-state index contributed by atoms with van der Waals surface area (Å²) in [5.41, 5.74) is 11.5. The summed E-state index contributed by atoms with van der Waals surface area (Å²) >= 11 is 0. The van der Waals surface area contributed by atoms with Gasteiger partial charge in [0.25, 0.3) is 0 Å². The van der Waals surface area contributed by atoms with Gasteiger partial charge in [0.15, 0.2) is 51.8 Å². The maximum absolute atomic E-state index is 13.5. The van der Waals surface area contributed by atoms with Crippen LogP contribution in [0.25, 0.3) is 33.4 Å². The number of fused-ring (bicyclic) bond motifs is 3. The fourth-order valence-corrected chi connectivity index (χ4v) is 13.6. The van der Waals surface area contributed by atoms with E-state index in [0.717, 1.165) is 79.6 Å². The zero-order valence-corrected chi connectivity index (χ0v) is 48.1. The van der Waals surface area contributed by atoms with E-state index in [4.69, 9.17) is 28.4 Å². The van der Waals surface area contributed by atoms with Gasteiger partial charge in [-0.25, -0.2) is 0 Å². The van der Waals surface area contributed by atoms with Gasteiger partial charge in [0.2, 0.25) is 0 Å². The molecule has 2 atom stereocenters. The van der Waals surface area contributed by atoms with Gasteiger partial charge in [0, 0.05) is 65.0 Å². The van der Waals surface area contributed by atoms with Gasteiger partial charge < -0.3 is 43.7 Å². The number of Topliss-reactive ketones (excluding diaryl/α,β-unsaturated/α-hetero) is 3. The van der Waals surface area contributed by atoms with Crippen LogP contribution in [-0.4, -0.2) is 93.2 Å². The minimum Gasteiger partial charge on any atom is -0.493 e. The Kier molecular flexibility index (Phi) is 18.4. The molecular formula is C68H72O15. The van der Waals surface area contributed by atoms with Gasteiger partial charge in [-0.3, -0.25) is 28.8 Å². The first kappa shape index (κ1) is 59.2. The molecule has 0 amide bonds. The van der Waals surface area contributed by atoms with Crippen molar-refractivity contribution in [2.24, 2.45) is 5.92 Å². The molecule has 15 heteroatoms. The Hall–Kier alpha value is -8.46. The molecule has 0 aromatic heterocycles. The Morgan fingerprint density at radius 1 is 0.470 bits per heavy atom. The fraction of sp³-hybridized carbons (Fsp3) is 0.382. The molecule has 1 fully saturated rings. The van der Waals surface area contributed by atoms with E-state index in [0.29, 0.717) is 135 Å². The second-order valence-corrected chi connectivity index (χ2v) is 21.8. The molecule has 6 aromatic carbocycles. The number of rotatable bonds is 23. The number of carbonyl (C=O) groups is 6. The second kappa shape index (κ2) is 25.8. The van der Waals surface area contributed by atoms with Gasteiger partial charge in [0.1, 0.15) is 0 Å². The van der Waals surface area contributed by atoms with Crippen molar-refractivity contribution in [3.63, 3.8) is 0 Å². The third-order valence-corrected chi connectivity index (χ3v) is 17.5. The SMILES string of the molecule is COc1ccc(-c2cccc3c2CCC3=O)c(C2(C(=O)O)CCCC2)c1OC.COc1ccc(-c2cccc3c2CCC3=O)c(CCCC(C(=O)O)C(CCCCC(=O)O)c2c(-c3cccc4c3CCC4=O)ccc(OC)c2OC)c1OC. The van der Waals surface area contributed by atoms with E-state index >= 15 is 0 Å². The first-order valence-electron chi connectivity index (χ1n) is 28.5. The van der Waals surface area contributed by atoms with Gasteiger partial charge in [-0.2, -0.15) is 0 Å². The van der Waals surface area contributed by atoms with E-state index in [9.17, 15) is 44.1 Å². The van der Waals surface area contributed by atoms with Crippen molar-refractivity contribution in [3.05, 3.63) is 141 Å². The molecule has 0 saturated heterocycles. The maximum Gasteiger partial charge on any atom is 0.314 e. The van der Waals surface area contributed by atoms with Crippen LogP contribution >= 0.6 is 0 Å². The normalized spacial score (nSPS) is 15.3. The largest absolute Gasteiger partial charge is 0.493 e.